The molecule has 15 heavy (non-hydrogen) atoms. The van der Waals surface area contributed by atoms with Crippen LogP contribution in [0.4, 0.5) is 0 Å². The highest BCUT2D eigenvalue weighted by Crippen LogP contribution is 2.04. The van der Waals surface area contributed by atoms with Crippen LogP contribution in [0.3, 0.4) is 0 Å². The molecule has 0 radical (unpaired) electrons. The van der Waals surface area contributed by atoms with Crippen molar-refractivity contribution in [2.45, 2.75) is 19.4 Å². The zero-order valence-corrected chi connectivity index (χ0v) is 8.62. The lowest BCUT2D eigenvalue weighted by Crippen LogP contribution is -2.57. The van der Waals surface area contributed by atoms with E-state index in [0.717, 1.165) is 0 Å². The highest BCUT2D eigenvalue weighted by atomic mass is 16.4. The molecule has 1 unspecified atom stereocenters. The standard InChI is InChI=1S/C10H14N2O3/c1-2-3-4-5-12-7-9(13)11-6-8(12)10(14)15/h8H,4-7H2,1H3,(H,11,13)(H,14,15). The van der Waals surface area contributed by atoms with Gasteiger partial charge in [0.15, 0.2) is 0 Å². The Hall–Kier alpha value is -1.54. The largest absolute Gasteiger partial charge is 0.480 e. The van der Waals surface area contributed by atoms with Crippen molar-refractivity contribution in [2.24, 2.45) is 0 Å². The molecule has 1 rings (SSSR count). The van der Waals surface area contributed by atoms with Gasteiger partial charge in [-0.2, -0.15) is 0 Å². The number of carboxylic acids is 1. The Labute approximate surface area is 88.4 Å². The maximum absolute atomic E-state index is 11.1. The summed E-state index contributed by atoms with van der Waals surface area (Å²) >= 11 is 0. The molecule has 1 fully saturated rings. The minimum absolute atomic E-state index is 0.128. The maximum Gasteiger partial charge on any atom is 0.322 e. The van der Waals surface area contributed by atoms with E-state index in [9.17, 15) is 9.59 Å². The van der Waals surface area contributed by atoms with E-state index in [1.807, 2.05) is 0 Å². The van der Waals surface area contributed by atoms with Crippen molar-refractivity contribution in [3.8, 4) is 11.8 Å². The molecule has 1 amide bonds. The average Bonchev–Trinajstić information content (AvgIpc) is 2.18. The topological polar surface area (TPSA) is 69.6 Å². The first-order valence-electron chi connectivity index (χ1n) is 4.78. The van der Waals surface area contributed by atoms with Gasteiger partial charge in [-0.05, 0) is 6.92 Å². The summed E-state index contributed by atoms with van der Waals surface area (Å²) in [6.45, 7) is 2.57. The van der Waals surface area contributed by atoms with E-state index >= 15 is 0 Å². The smallest absolute Gasteiger partial charge is 0.322 e. The molecule has 1 saturated heterocycles. The van der Waals surface area contributed by atoms with Gasteiger partial charge in [0.2, 0.25) is 5.91 Å². The number of nitrogens with zero attached hydrogens (tertiary/aromatic N) is 1. The van der Waals surface area contributed by atoms with Crippen molar-refractivity contribution in [3.05, 3.63) is 0 Å². The molecule has 0 spiro atoms. The molecule has 1 atom stereocenters. The van der Waals surface area contributed by atoms with E-state index in [4.69, 9.17) is 5.11 Å². The Morgan fingerprint density at radius 2 is 2.47 bits per heavy atom. The molecule has 2 N–H and O–H groups in total. The van der Waals surface area contributed by atoms with Crippen LogP contribution in [0.25, 0.3) is 0 Å². The summed E-state index contributed by atoms with van der Waals surface area (Å²) in [5.74, 6) is 4.56. The number of hydrogen-bond donors (Lipinski definition) is 2. The molecule has 0 aromatic rings. The van der Waals surface area contributed by atoms with Gasteiger partial charge in [-0.1, -0.05) is 0 Å². The number of hydrogen-bond acceptors (Lipinski definition) is 3. The molecule has 82 valence electrons. The van der Waals surface area contributed by atoms with Crippen LogP contribution >= 0.6 is 0 Å². The number of piperazine rings is 1. The van der Waals surface area contributed by atoms with Crippen LogP contribution in [0, 0.1) is 11.8 Å². The molecular weight excluding hydrogens is 196 g/mol. The molecule has 0 aromatic heterocycles. The Morgan fingerprint density at radius 1 is 1.73 bits per heavy atom. The SMILES string of the molecule is CC#CCCN1CC(=O)NCC1C(=O)O. The van der Waals surface area contributed by atoms with E-state index in [1.165, 1.54) is 0 Å². The highest BCUT2D eigenvalue weighted by Gasteiger charge is 2.30. The quantitative estimate of drug-likeness (QED) is 0.603. The van der Waals surface area contributed by atoms with Crippen LogP contribution in [0.2, 0.25) is 0 Å². The van der Waals surface area contributed by atoms with Crippen LogP contribution < -0.4 is 5.32 Å². The van der Waals surface area contributed by atoms with E-state index < -0.39 is 12.0 Å². The van der Waals surface area contributed by atoms with Crippen molar-refractivity contribution >= 4 is 11.9 Å². The summed E-state index contributed by atoms with van der Waals surface area (Å²) in [4.78, 5) is 23.6. The minimum Gasteiger partial charge on any atom is -0.480 e. The molecule has 0 aromatic carbocycles. The van der Waals surface area contributed by atoms with E-state index in [2.05, 4.69) is 17.2 Å². The second-order valence-corrected chi connectivity index (χ2v) is 3.31. The third-order valence-corrected chi connectivity index (χ3v) is 2.27. The van der Waals surface area contributed by atoms with Crippen LogP contribution in [0.15, 0.2) is 0 Å². The third kappa shape index (κ3) is 3.26. The number of amides is 1. The number of carbonyl (C=O) groups excluding carboxylic acids is 1. The van der Waals surface area contributed by atoms with Gasteiger partial charge >= 0.3 is 5.97 Å². The van der Waals surface area contributed by atoms with Crippen LogP contribution in [-0.4, -0.2) is 47.6 Å². The molecule has 5 heteroatoms. The second kappa shape index (κ2) is 5.37. The lowest BCUT2D eigenvalue weighted by molar-refractivity contribution is -0.145. The monoisotopic (exact) mass is 210 g/mol. The molecule has 1 aliphatic heterocycles. The fraction of sp³-hybridized carbons (Fsp3) is 0.600. The first-order chi connectivity index (χ1) is 7.15. The third-order valence-electron chi connectivity index (χ3n) is 2.27. The van der Waals surface area contributed by atoms with Gasteiger partial charge in [0.1, 0.15) is 6.04 Å². The summed E-state index contributed by atoms with van der Waals surface area (Å²) in [5, 5.41) is 11.5. The summed E-state index contributed by atoms with van der Waals surface area (Å²) < 4.78 is 0. The number of rotatable bonds is 3. The summed E-state index contributed by atoms with van der Waals surface area (Å²) in [5.41, 5.74) is 0. The van der Waals surface area contributed by atoms with Crippen molar-refractivity contribution in [3.63, 3.8) is 0 Å². The molecule has 5 nitrogen and oxygen atoms in total. The Balaban J connectivity index is 2.56. The molecule has 0 bridgehead atoms. The van der Waals surface area contributed by atoms with Gasteiger partial charge in [0, 0.05) is 19.5 Å². The predicted molar refractivity (Wildman–Crippen MR) is 54.1 cm³/mol. The maximum atomic E-state index is 11.1. The average molecular weight is 210 g/mol. The van der Waals surface area contributed by atoms with Gasteiger partial charge in [0.05, 0.1) is 6.54 Å². The zero-order valence-electron chi connectivity index (χ0n) is 8.62. The van der Waals surface area contributed by atoms with E-state index in [1.54, 1.807) is 11.8 Å². The van der Waals surface area contributed by atoms with Crippen LogP contribution in [0.5, 0.6) is 0 Å². The zero-order chi connectivity index (χ0) is 11.3. The Kier molecular flexibility index (Phi) is 4.13. The van der Waals surface area contributed by atoms with Crippen molar-refractivity contribution < 1.29 is 14.7 Å². The first-order valence-corrected chi connectivity index (χ1v) is 4.78. The number of carboxylic acid groups (broad SMARTS) is 1. The van der Waals surface area contributed by atoms with Gasteiger partial charge in [0.25, 0.3) is 0 Å². The molecule has 0 aliphatic carbocycles. The lowest BCUT2D eigenvalue weighted by atomic mass is 10.2. The first kappa shape index (κ1) is 11.5. The lowest BCUT2D eigenvalue weighted by Gasteiger charge is -2.31. The van der Waals surface area contributed by atoms with Crippen LogP contribution in [0.1, 0.15) is 13.3 Å². The number of aliphatic carboxylic acids is 1. The minimum atomic E-state index is -0.903. The Bertz CT molecular complexity index is 316. The summed E-state index contributed by atoms with van der Waals surface area (Å²) in [6.07, 6.45) is 0.591. The fourth-order valence-corrected chi connectivity index (χ4v) is 1.49. The highest BCUT2D eigenvalue weighted by molar-refractivity contribution is 5.83. The van der Waals surface area contributed by atoms with E-state index in [-0.39, 0.29) is 19.0 Å². The predicted octanol–water partition coefficient (Wildman–Crippen LogP) is -0.715. The van der Waals surface area contributed by atoms with E-state index in [0.29, 0.717) is 13.0 Å². The number of nitrogens with one attached hydrogen (secondary N) is 1. The number of carbonyl (C=O) groups is 2. The van der Waals surface area contributed by atoms with Crippen molar-refractivity contribution in [1.29, 1.82) is 0 Å². The van der Waals surface area contributed by atoms with Gasteiger partial charge in [-0.25, -0.2) is 0 Å². The fourth-order valence-electron chi connectivity index (χ4n) is 1.49. The Morgan fingerprint density at radius 3 is 3.07 bits per heavy atom. The molecule has 1 heterocycles. The van der Waals surface area contributed by atoms with Crippen molar-refractivity contribution in [1.82, 2.24) is 10.2 Å². The molecule has 1 aliphatic rings. The van der Waals surface area contributed by atoms with Crippen LogP contribution in [-0.2, 0) is 9.59 Å². The molecular formula is C10H14N2O3. The summed E-state index contributed by atoms with van der Waals surface area (Å²) in [6, 6.07) is -0.624. The molecule has 0 saturated carbocycles. The van der Waals surface area contributed by atoms with Gasteiger partial charge in [-0.3, -0.25) is 14.5 Å². The van der Waals surface area contributed by atoms with Gasteiger partial charge in [-0.15, -0.1) is 11.8 Å². The second-order valence-electron chi connectivity index (χ2n) is 3.31. The normalized spacial score (nSPS) is 21.4. The van der Waals surface area contributed by atoms with Gasteiger partial charge < -0.3 is 10.4 Å². The van der Waals surface area contributed by atoms with Crippen molar-refractivity contribution in [2.75, 3.05) is 19.6 Å². The summed E-state index contributed by atoms with van der Waals surface area (Å²) in [7, 11) is 0.